The van der Waals surface area contributed by atoms with Gasteiger partial charge in [-0.3, -0.25) is 10.1 Å². The normalized spacial score (nSPS) is 14.0. The van der Waals surface area contributed by atoms with Crippen LogP contribution in [0, 0.1) is 17.0 Å². The van der Waals surface area contributed by atoms with E-state index in [2.05, 4.69) is 4.99 Å². The molecule has 0 amide bonds. The van der Waals surface area contributed by atoms with Crippen molar-refractivity contribution >= 4 is 41.2 Å². The number of rotatable bonds is 8. The third kappa shape index (κ3) is 5.47. The number of nitro benzene ring substituents is 1. The fourth-order valence-electron chi connectivity index (χ4n) is 2.93. The van der Waals surface area contributed by atoms with E-state index in [0.717, 1.165) is 0 Å². The van der Waals surface area contributed by atoms with Gasteiger partial charge in [-0.2, -0.15) is 0 Å². The summed E-state index contributed by atoms with van der Waals surface area (Å²) in [5.74, 6) is -0.982. The van der Waals surface area contributed by atoms with Crippen LogP contribution in [0.3, 0.4) is 0 Å². The van der Waals surface area contributed by atoms with Crippen molar-refractivity contribution in [3.05, 3.63) is 67.9 Å². The summed E-state index contributed by atoms with van der Waals surface area (Å²) in [6, 6.07) is 7.45. The lowest BCUT2D eigenvalue weighted by Gasteiger charge is -2.12. The minimum atomic E-state index is -0.731. The standard InChI is InChI=1S/C22H19ClN2O8/c1-4-31-19(26)11-32-20-15(23)7-13(9-18(20)30-3)8-16-22(27)33-21(24-16)14-6-5-12(2)17(10-14)25(28)29/h5-10H,4,11H2,1-3H3/b16-8-. The Balaban J connectivity index is 1.89. The molecular weight excluding hydrogens is 456 g/mol. The molecule has 0 spiro atoms. The maximum atomic E-state index is 12.3. The predicted octanol–water partition coefficient (Wildman–Crippen LogP) is 3.85. The average Bonchev–Trinajstić information content (AvgIpc) is 3.13. The molecule has 0 atom stereocenters. The van der Waals surface area contributed by atoms with Gasteiger partial charge in [-0.15, -0.1) is 0 Å². The summed E-state index contributed by atoms with van der Waals surface area (Å²) in [7, 11) is 1.39. The van der Waals surface area contributed by atoms with E-state index < -0.39 is 16.9 Å². The van der Waals surface area contributed by atoms with Gasteiger partial charge in [0.15, 0.2) is 23.8 Å². The molecule has 0 N–H and O–H groups in total. The van der Waals surface area contributed by atoms with Gasteiger partial charge in [-0.1, -0.05) is 17.7 Å². The maximum Gasteiger partial charge on any atom is 0.363 e. The molecule has 1 aliphatic rings. The maximum absolute atomic E-state index is 12.3. The van der Waals surface area contributed by atoms with Gasteiger partial charge in [0.05, 0.1) is 23.7 Å². The molecule has 0 saturated heterocycles. The zero-order valence-electron chi connectivity index (χ0n) is 17.9. The molecule has 1 aliphatic heterocycles. The first-order valence-electron chi connectivity index (χ1n) is 9.67. The number of hydrogen-bond donors (Lipinski definition) is 0. The Bertz CT molecular complexity index is 1190. The van der Waals surface area contributed by atoms with Crippen molar-refractivity contribution in [3.63, 3.8) is 0 Å². The third-order valence-corrected chi connectivity index (χ3v) is 4.75. The molecule has 1 heterocycles. The highest BCUT2D eigenvalue weighted by atomic mass is 35.5. The zero-order chi connectivity index (χ0) is 24.1. The van der Waals surface area contributed by atoms with Gasteiger partial charge < -0.3 is 18.9 Å². The van der Waals surface area contributed by atoms with Crippen molar-refractivity contribution in [2.75, 3.05) is 20.3 Å². The predicted molar refractivity (Wildman–Crippen MR) is 119 cm³/mol. The van der Waals surface area contributed by atoms with Gasteiger partial charge in [-0.25, -0.2) is 14.6 Å². The number of ether oxygens (including phenoxy) is 4. The molecule has 0 aromatic heterocycles. The number of cyclic esters (lactones) is 1. The highest BCUT2D eigenvalue weighted by Crippen LogP contribution is 2.37. The molecular formula is C22H19ClN2O8. The van der Waals surface area contributed by atoms with Gasteiger partial charge >= 0.3 is 11.9 Å². The lowest BCUT2D eigenvalue weighted by atomic mass is 10.1. The number of nitrogens with zero attached hydrogens (tertiary/aromatic N) is 2. The Morgan fingerprint density at radius 2 is 2.06 bits per heavy atom. The summed E-state index contributed by atoms with van der Waals surface area (Å²) in [6.45, 7) is 3.14. The van der Waals surface area contributed by atoms with Gasteiger partial charge in [0, 0.05) is 17.2 Å². The molecule has 172 valence electrons. The van der Waals surface area contributed by atoms with Crippen molar-refractivity contribution in [3.8, 4) is 11.5 Å². The first-order valence-corrected chi connectivity index (χ1v) is 10.0. The second-order valence-corrected chi connectivity index (χ2v) is 7.13. The minimum Gasteiger partial charge on any atom is -0.493 e. The van der Waals surface area contributed by atoms with Crippen LogP contribution in [0.15, 0.2) is 41.0 Å². The van der Waals surface area contributed by atoms with Crippen LogP contribution < -0.4 is 9.47 Å². The summed E-state index contributed by atoms with van der Waals surface area (Å²) in [5, 5.41) is 11.3. The van der Waals surface area contributed by atoms with E-state index in [1.165, 1.54) is 31.4 Å². The van der Waals surface area contributed by atoms with Crippen LogP contribution in [0.4, 0.5) is 5.69 Å². The van der Waals surface area contributed by atoms with Gasteiger partial charge in [0.25, 0.3) is 5.69 Å². The Hall–Kier alpha value is -3.92. The lowest BCUT2D eigenvalue weighted by Crippen LogP contribution is -2.15. The molecule has 10 nitrogen and oxygen atoms in total. The van der Waals surface area contributed by atoms with Crippen molar-refractivity contribution in [1.82, 2.24) is 0 Å². The van der Waals surface area contributed by atoms with E-state index in [-0.39, 0.29) is 47.0 Å². The molecule has 2 aromatic rings. The highest BCUT2D eigenvalue weighted by molar-refractivity contribution is 6.32. The van der Waals surface area contributed by atoms with Crippen LogP contribution in [0.2, 0.25) is 5.02 Å². The third-order valence-electron chi connectivity index (χ3n) is 4.47. The van der Waals surface area contributed by atoms with E-state index >= 15 is 0 Å². The molecule has 0 bridgehead atoms. The molecule has 11 heteroatoms. The number of benzene rings is 2. The van der Waals surface area contributed by atoms with E-state index in [4.69, 9.17) is 30.5 Å². The largest absolute Gasteiger partial charge is 0.493 e. The Kier molecular flexibility index (Phi) is 7.29. The van der Waals surface area contributed by atoms with Crippen molar-refractivity contribution < 1.29 is 33.5 Å². The molecule has 0 unspecified atom stereocenters. The summed E-state index contributed by atoms with van der Waals surface area (Å²) in [4.78, 5) is 38.7. The van der Waals surface area contributed by atoms with Crippen LogP contribution in [-0.4, -0.2) is 43.1 Å². The summed E-state index contributed by atoms with van der Waals surface area (Å²) >= 11 is 6.28. The number of halogens is 1. The summed E-state index contributed by atoms with van der Waals surface area (Å²) in [5.41, 5.74) is 1.07. The minimum absolute atomic E-state index is 0.0356. The van der Waals surface area contributed by atoms with Gasteiger partial charge in [-0.05, 0) is 43.7 Å². The Morgan fingerprint density at radius 1 is 1.30 bits per heavy atom. The van der Waals surface area contributed by atoms with E-state index in [1.807, 2.05) is 0 Å². The fourth-order valence-corrected chi connectivity index (χ4v) is 3.20. The van der Waals surface area contributed by atoms with Crippen molar-refractivity contribution in [2.24, 2.45) is 4.99 Å². The molecule has 0 aliphatic carbocycles. The number of aliphatic imine (C=N–C) groups is 1. The number of carbonyl (C=O) groups excluding carboxylic acids is 2. The number of hydrogen-bond acceptors (Lipinski definition) is 9. The zero-order valence-corrected chi connectivity index (χ0v) is 18.7. The summed E-state index contributed by atoms with van der Waals surface area (Å²) < 4.78 is 20.7. The van der Waals surface area contributed by atoms with Crippen LogP contribution in [0.5, 0.6) is 11.5 Å². The quantitative estimate of drug-likeness (QED) is 0.244. The first-order chi connectivity index (χ1) is 15.7. The Morgan fingerprint density at radius 3 is 2.73 bits per heavy atom. The topological polar surface area (TPSA) is 127 Å². The van der Waals surface area contributed by atoms with E-state index in [9.17, 15) is 19.7 Å². The average molecular weight is 475 g/mol. The number of esters is 2. The molecule has 3 rings (SSSR count). The molecule has 0 radical (unpaired) electrons. The molecule has 0 saturated carbocycles. The summed E-state index contributed by atoms with van der Waals surface area (Å²) in [6.07, 6.45) is 1.42. The highest BCUT2D eigenvalue weighted by Gasteiger charge is 2.26. The van der Waals surface area contributed by atoms with Crippen molar-refractivity contribution in [2.45, 2.75) is 13.8 Å². The van der Waals surface area contributed by atoms with E-state index in [1.54, 1.807) is 26.0 Å². The van der Waals surface area contributed by atoms with E-state index in [0.29, 0.717) is 16.7 Å². The number of carbonyl (C=O) groups is 2. The van der Waals surface area contributed by atoms with Crippen LogP contribution in [0.25, 0.3) is 6.08 Å². The monoisotopic (exact) mass is 474 g/mol. The first kappa shape index (κ1) is 23.7. The van der Waals surface area contributed by atoms with Crippen LogP contribution in [-0.2, 0) is 19.1 Å². The van der Waals surface area contributed by atoms with Gasteiger partial charge in [0.1, 0.15) is 0 Å². The number of nitro groups is 1. The van der Waals surface area contributed by atoms with Crippen molar-refractivity contribution in [1.29, 1.82) is 0 Å². The Labute approximate surface area is 193 Å². The fraction of sp³-hybridized carbons (Fsp3) is 0.227. The van der Waals surface area contributed by atoms with Crippen LogP contribution >= 0.6 is 11.6 Å². The smallest absolute Gasteiger partial charge is 0.363 e. The second kappa shape index (κ2) is 10.1. The second-order valence-electron chi connectivity index (χ2n) is 6.72. The SMILES string of the molecule is CCOC(=O)COc1c(Cl)cc(/C=C2\N=C(c3ccc(C)c([N+](=O)[O-])c3)OC2=O)cc1OC. The lowest BCUT2D eigenvalue weighted by molar-refractivity contribution is -0.385. The molecule has 2 aromatic carbocycles. The number of aryl methyl sites for hydroxylation is 1. The van der Waals surface area contributed by atoms with Crippen LogP contribution in [0.1, 0.15) is 23.6 Å². The molecule has 33 heavy (non-hydrogen) atoms. The molecule has 0 fully saturated rings. The number of methoxy groups -OCH3 is 1. The van der Waals surface area contributed by atoms with Gasteiger partial charge in [0.2, 0.25) is 5.90 Å².